The summed E-state index contributed by atoms with van der Waals surface area (Å²) in [6.45, 7) is 3.76. The molecule has 0 bridgehead atoms. The van der Waals surface area contributed by atoms with Gasteiger partial charge in [0.2, 0.25) is 0 Å². The van der Waals surface area contributed by atoms with Crippen molar-refractivity contribution in [2.45, 2.75) is 18.9 Å². The second-order valence-corrected chi connectivity index (χ2v) is 7.32. The molecule has 1 aromatic heterocycles. The molecule has 0 radical (unpaired) electrons. The number of hydrogen-bond acceptors (Lipinski definition) is 6. The lowest BCUT2D eigenvalue weighted by molar-refractivity contribution is 0.0771. The first kappa shape index (κ1) is 20.8. The highest BCUT2D eigenvalue weighted by Gasteiger charge is 2.31. The molecule has 0 N–H and O–H groups in total. The van der Waals surface area contributed by atoms with E-state index in [2.05, 4.69) is 15.1 Å². The van der Waals surface area contributed by atoms with E-state index in [9.17, 15) is 0 Å². The fourth-order valence-corrected chi connectivity index (χ4v) is 3.30. The van der Waals surface area contributed by atoms with Gasteiger partial charge in [0.15, 0.2) is 5.60 Å². The number of aryl methyl sites for hydroxylation is 1. The fourth-order valence-electron chi connectivity index (χ4n) is 3.30. The Balaban J connectivity index is 1.39. The molecule has 1 atom stereocenters. The third-order valence-corrected chi connectivity index (χ3v) is 4.94. The number of aromatic nitrogens is 2. The van der Waals surface area contributed by atoms with E-state index < -0.39 is 5.60 Å². The predicted molar refractivity (Wildman–Crippen MR) is 121 cm³/mol. The maximum absolute atomic E-state index is 6.25. The molecule has 31 heavy (non-hydrogen) atoms. The maximum Gasteiger partial charge on any atom is 0.166 e. The van der Waals surface area contributed by atoms with Crippen molar-refractivity contribution in [3.63, 3.8) is 0 Å². The molecular weight excluding hydrogens is 392 g/mol. The first-order chi connectivity index (χ1) is 15.2. The zero-order valence-corrected chi connectivity index (χ0v) is 17.8. The van der Waals surface area contributed by atoms with Crippen molar-refractivity contribution >= 4 is 12.6 Å². The van der Waals surface area contributed by atoms with E-state index in [1.165, 1.54) is 0 Å². The molecule has 1 aliphatic heterocycles. The standard InChI is InChI=1S/C24H26N4O3/c1-3-29-15-13-24(16-25-18-26-17-24)31-22-10-8-21(9-11-22)30-20-6-4-19(5-7-20)23-12-14-28(2)27-23/h4-12,14,16,18H,3,13,15,17H2,1-2H3. The van der Waals surface area contributed by atoms with Crippen molar-refractivity contribution in [1.82, 2.24) is 9.78 Å². The predicted octanol–water partition coefficient (Wildman–Crippen LogP) is 4.54. The van der Waals surface area contributed by atoms with Crippen LogP contribution in [0.1, 0.15) is 13.3 Å². The van der Waals surface area contributed by atoms with E-state index in [1.54, 1.807) is 11.0 Å². The molecule has 0 aliphatic carbocycles. The molecule has 2 heterocycles. The van der Waals surface area contributed by atoms with Gasteiger partial charge in [0.25, 0.3) is 0 Å². The monoisotopic (exact) mass is 418 g/mol. The van der Waals surface area contributed by atoms with Crippen LogP contribution in [0.5, 0.6) is 17.2 Å². The van der Waals surface area contributed by atoms with Crippen LogP contribution in [0, 0.1) is 0 Å². The summed E-state index contributed by atoms with van der Waals surface area (Å²) >= 11 is 0. The van der Waals surface area contributed by atoms with Gasteiger partial charge >= 0.3 is 0 Å². The zero-order chi connectivity index (χ0) is 21.5. The summed E-state index contributed by atoms with van der Waals surface area (Å²) in [7, 11) is 1.91. The minimum absolute atomic E-state index is 0.518. The average Bonchev–Trinajstić information content (AvgIpc) is 3.23. The Hall–Kier alpha value is -3.45. The van der Waals surface area contributed by atoms with E-state index >= 15 is 0 Å². The van der Waals surface area contributed by atoms with E-state index in [1.807, 2.05) is 81.0 Å². The second-order valence-electron chi connectivity index (χ2n) is 7.32. The summed E-state index contributed by atoms with van der Waals surface area (Å²) in [5.41, 5.74) is 1.39. The molecule has 2 aromatic carbocycles. The molecule has 1 aliphatic rings. The van der Waals surface area contributed by atoms with Crippen molar-refractivity contribution in [2.24, 2.45) is 17.0 Å². The molecule has 7 heteroatoms. The van der Waals surface area contributed by atoms with Crippen LogP contribution >= 0.6 is 0 Å². The van der Waals surface area contributed by atoms with Crippen LogP contribution in [-0.4, -0.2) is 47.7 Å². The lowest BCUT2D eigenvalue weighted by Crippen LogP contribution is -2.43. The Morgan fingerprint density at radius 2 is 1.68 bits per heavy atom. The van der Waals surface area contributed by atoms with Crippen molar-refractivity contribution < 1.29 is 14.2 Å². The Kier molecular flexibility index (Phi) is 6.43. The van der Waals surface area contributed by atoms with Gasteiger partial charge in [-0.1, -0.05) is 0 Å². The minimum Gasteiger partial charge on any atom is -0.480 e. The van der Waals surface area contributed by atoms with Crippen molar-refractivity contribution in [2.75, 3.05) is 19.8 Å². The molecule has 7 nitrogen and oxygen atoms in total. The molecule has 0 saturated carbocycles. The zero-order valence-electron chi connectivity index (χ0n) is 17.8. The van der Waals surface area contributed by atoms with Gasteiger partial charge < -0.3 is 14.2 Å². The van der Waals surface area contributed by atoms with Gasteiger partial charge in [0, 0.05) is 31.8 Å². The van der Waals surface area contributed by atoms with Gasteiger partial charge in [-0.15, -0.1) is 0 Å². The van der Waals surface area contributed by atoms with Crippen molar-refractivity contribution in [3.8, 4) is 28.5 Å². The van der Waals surface area contributed by atoms with Crippen LogP contribution in [0.15, 0.2) is 70.8 Å². The van der Waals surface area contributed by atoms with Gasteiger partial charge in [0.05, 0.1) is 25.1 Å². The molecule has 0 saturated heterocycles. The van der Waals surface area contributed by atoms with Gasteiger partial charge in [-0.2, -0.15) is 5.10 Å². The highest BCUT2D eigenvalue weighted by Crippen LogP contribution is 2.28. The highest BCUT2D eigenvalue weighted by atomic mass is 16.5. The molecule has 0 fully saturated rings. The third kappa shape index (κ3) is 5.38. The Labute approximate surface area is 182 Å². The molecule has 0 spiro atoms. The van der Waals surface area contributed by atoms with Crippen LogP contribution < -0.4 is 9.47 Å². The molecule has 1 unspecified atom stereocenters. The van der Waals surface area contributed by atoms with Crippen LogP contribution in [0.3, 0.4) is 0 Å². The van der Waals surface area contributed by atoms with Gasteiger partial charge in [-0.05, 0) is 61.5 Å². The second kappa shape index (κ2) is 9.57. The largest absolute Gasteiger partial charge is 0.480 e. The van der Waals surface area contributed by atoms with E-state index in [-0.39, 0.29) is 0 Å². The Bertz CT molecular complexity index is 1040. The SMILES string of the molecule is CCOCCC1(Oc2ccc(Oc3ccc(-c4ccn(C)n4)cc3)cc2)C=NC=NC1. The van der Waals surface area contributed by atoms with Crippen molar-refractivity contribution in [1.29, 1.82) is 0 Å². The number of aliphatic imine (C=N–C) groups is 2. The first-order valence-electron chi connectivity index (χ1n) is 10.3. The number of hydrogen-bond donors (Lipinski definition) is 0. The van der Waals surface area contributed by atoms with Crippen LogP contribution in [0.4, 0.5) is 0 Å². The molecule has 160 valence electrons. The summed E-state index contributed by atoms with van der Waals surface area (Å²) < 4.78 is 19.5. The summed E-state index contributed by atoms with van der Waals surface area (Å²) in [6, 6.07) is 17.4. The summed E-state index contributed by atoms with van der Waals surface area (Å²) in [5, 5.41) is 4.42. The lowest BCUT2D eigenvalue weighted by Gasteiger charge is -2.30. The Morgan fingerprint density at radius 3 is 2.29 bits per heavy atom. The number of nitrogens with zero attached hydrogens (tertiary/aromatic N) is 4. The molecule has 0 amide bonds. The number of benzene rings is 2. The summed E-state index contributed by atoms with van der Waals surface area (Å²) in [4.78, 5) is 8.46. The molecule has 3 aromatic rings. The third-order valence-electron chi connectivity index (χ3n) is 4.94. The van der Waals surface area contributed by atoms with Crippen LogP contribution in [-0.2, 0) is 11.8 Å². The molecular formula is C24H26N4O3. The maximum atomic E-state index is 6.25. The van der Waals surface area contributed by atoms with E-state index in [0.29, 0.717) is 26.2 Å². The summed E-state index contributed by atoms with van der Waals surface area (Å²) in [5.74, 6) is 2.23. The summed E-state index contributed by atoms with van der Waals surface area (Å²) in [6.07, 6.45) is 5.98. The fraction of sp³-hybridized carbons (Fsp3) is 0.292. The van der Waals surface area contributed by atoms with Gasteiger partial charge in [0.1, 0.15) is 23.6 Å². The quantitative estimate of drug-likeness (QED) is 0.479. The smallest absolute Gasteiger partial charge is 0.166 e. The topological polar surface area (TPSA) is 70.2 Å². The minimum atomic E-state index is -0.590. The first-order valence-corrected chi connectivity index (χ1v) is 10.3. The van der Waals surface area contributed by atoms with Crippen molar-refractivity contribution in [3.05, 3.63) is 60.8 Å². The Morgan fingerprint density at radius 1 is 0.968 bits per heavy atom. The van der Waals surface area contributed by atoms with E-state index in [4.69, 9.17) is 14.2 Å². The van der Waals surface area contributed by atoms with E-state index in [0.717, 1.165) is 28.5 Å². The number of rotatable bonds is 9. The van der Waals surface area contributed by atoms with Gasteiger partial charge in [-0.3, -0.25) is 9.67 Å². The van der Waals surface area contributed by atoms with Crippen LogP contribution in [0.25, 0.3) is 11.3 Å². The average molecular weight is 418 g/mol. The highest BCUT2D eigenvalue weighted by molar-refractivity contribution is 5.81. The normalized spacial score (nSPS) is 17.6. The number of ether oxygens (including phenoxy) is 3. The molecule has 4 rings (SSSR count). The van der Waals surface area contributed by atoms with Crippen LogP contribution in [0.2, 0.25) is 0 Å². The lowest BCUT2D eigenvalue weighted by atomic mass is 10.0. The van der Waals surface area contributed by atoms with Gasteiger partial charge in [-0.25, -0.2) is 4.99 Å².